The lowest BCUT2D eigenvalue weighted by Crippen LogP contribution is -2.27. The van der Waals surface area contributed by atoms with Gasteiger partial charge in [0.2, 0.25) is 0 Å². The van der Waals surface area contributed by atoms with Crippen LogP contribution in [0, 0.1) is 0 Å². The zero-order valence-corrected chi connectivity index (χ0v) is 14.4. The molecule has 1 fully saturated rings. The maximum absolute atomic E-state index is 5.72. The molecule has 5 nitrogen and oxygen atoms in total. The Bertz CT molecular complexity index is 596. The first kappa shape index (κ1) is 16.5. The van der Waals surface area contributed by atoms with Gasteiger partial charge in [0, 0.05) is 18.7 Å². The third-order valence-electron chi connectivity index (χ3n) is 4.14. The molecule has 6 heteroatoms. The zero-order chi connectivity index (χ0) is 15.9. The van der Waals surface area contributed by atoms with Gasteiger partial charge in [0.25, 0.3) is 0 Å². The van der Waals surface area contributed by atoms with Crippen molar-refractivity contribution in [2.24, 2.45) is 7.05 Å². The lowest BCUT2D eigenvalue weighted by atomic mass is 9.97. The molecule has 0 bridgehead atoms. The van der Waals surface area contributed by atoms with Crippen LogP contribution in [-0.4, -0.2) is 40.2 Å². The van der Waals surface area contributed by atoms with Crippen molar-refractivity contribution in [2.75, 3.05) is 25.4 Å². The van der Waals surface area contributed by atoms with E-state index in [1.54, 1.807) is 11.8 Å². The summed E-state index contributed by atoms with van der Waals surface area (Å²) in [6.45, 7) is 3.54. The van der Waals surface area contributed by atoms with Crippen LogP contribution in [0.2, 0.25) is 0 Å². The second-order valence-corrected chi connectivity index (χ2v) is 6.87. The van der Waals surface area contributed by atoms with Crippen LogP contribution >= 0.6 is 11.8 Å². The number of nitrogens with one attached hydrogen (secondary N) is 1. The van der Waals surface area contributed by atoms with Gasteiger partial charge < -0.3 is 14.6 Å². The maximum Gasteiger partial charge on any atom is 0.191 e. The highest BCUT2D eigenvalue weighted by atomic mass is 32.2. The lowest BCUT2D eigenvalue weighted by Gasteiger charge is -2.21. The van der Waals surface area contributed by atoms with Gasteiger partial charge in [-0.2, -0.15) is 0 Å². The van der Waals surface area contributed by atoms with Crippen LogP contribution in [0.15, 0.2) is 35.5 Å². The number of thioether (sulfide) groups is 1. The van der Waals surface area contributed by atoms with E-state index < -0.39 is 0 Å². The second-order valence-electron chi connectivity index (χ2n) is 5.81. The average Bonchev–Trinajstić information content (AvgIpc) is 2.97. The smallest absolute Gasteiger partial charge is 0.191 e. The van der Waals surface area contributed by atoms with Crippen LogP contribution in [0.1, 0.15) is 30.1 Å². The molecule has 0 unspecified atom stereocenters. The third-order valence-corrected chi connectivity index (χ3v) is 5.13. The lowest BCUT2D eigenvalue weighted by molar-refractivity contribution is 0.136. The Balaban J connectivity index is 1.42. The van der Waals surface area contributed by atoms with Gasteiger partial charge in [0.15, 0.2) is 5.16 Å². The fraction of sp³-hybridized carbons (Fsp3) is 0.529. The maximum atomic E-state index is 5.72. The van der Waals surface area contributed by atoms with Crippen molar-refractivity contribution in [3.63, 3.8) is 0 Å². The quantitative estimate of drug-likeness (QED) is 0.624. The summed E-state index contributed by atoms with van der Waals surface area (Å²) in [6.07, 6.45) is 2.30. The molecular formula is C17H24N4OS. The average molecular weight is 332 g/mol. The van der Waals surface area contributed by atoms with E-state index in [9.17, 15) is 0 Å². The van der Waals surface area contributed by atoms with Crippen LogP contribution < -0.4 is 5.32 Å². The Morgan fingerprint density at radius 1 is 1.22 bits per heavy atom. The van der Waals surface area contributed by atoms with Crippen molar-refractivity contribution in [3.8, 4) is 0 Å². The number of hydrogen-bond acceptors (Lipinski definition) is 5. The summed E-state index contributed by atoms with van der Waals surface area (Å²) in [4.78, 5) is 0. The van der Waals surface area contributed by atoms with Crippen molar-refractivity contribution in [1.82, 2.24) is 20.1 Å². The van der Waals surface area contributed by atoms with Crippen LogP contribution in [0.25, 0.3) is 0 Å². The molecular weight excluding hydrogens is 308 g/mol. The molecule has 0 aliphatic carbocycles. The van der Waals surface area contributed by atoms with Crippen molar-refractivity contribution in [1.29, 1.82) is 0 Å². The van der Waals surface area contributed by atoms with Crippen molar-refractivity contribution < 1.29 is 4.74 Å². The van der Waals surface area contributed by atoms with Gasteiger partial charge in [0.05, 0.1) is 13.2 Å². The van der Waals surface area contributed by atoms with E-state index in [2.05, 4.69) is 39.3 Å². The van der Waals surface area contributed by atoms with Crippen LogP contribution in [0.3, 0.4) is 0 Å². The predicted octanol–water partition coefficient (Wildman–Crippen LogP) is 2.59. The first-order chi connectivity index (χ1) is 11.3. The molecule has 1 N–H and O–H groups in total. The highest BCUT2D eigenvalue weighted by Crippen LogP contribution is 2.26. The molecule has 0 saturated carbocycles. The van der Waals surface area contributed by atoms with Gasteiger partial charge in [0.1, 0.15) is 5.82 Å². The molecule has 0 amide bonds. The predicted molar refractivity (Wildman–Crippen MR) is 92.7 cm³/mol. The molecule has 2 heterocycles. The number of nitrogens with zero attached hydrogens (tertiary/aromatic N) is 3. The number of aromatic nitrogens is 3. The molecule has 1 aliphatic rings. The first-order valence-corrected chi connectivity index (χ1v) is 9.17. The second kappa shape index (κ2) is 8.47. The highest BCUT2D eigenvalue weighted by molar-refractivity contribution is 7.99. The van der Waals surface area contributed by atoms with Gasteiger partial charge in [-0.1, -0.05) is 42.1 Å². The van der Waals surface area contributed by atoms with Crippen LogP contribution in [0.5, 0.6) is 0 Å². The molecule has 1 aliphatic heterocycles. The molecule has 23 heavy (non-hydrogen) atoms. The minimum absolute atomic E-state index is 0.539. The number of rotatable bonds is 7. The van der Waals surface area contributed by atoms with E-state index in [-0.39, 0.29) is 0 Å². The number of hydrogen-bond donors (Lipinski definition) is 1. The molecule has 1 aromatic heterocycles. The SMILES string of the molecule is Cn1c(SCCOCc2ccccc2)nnc1C1CCNCC1. The van der Waals surface area contributed by atoms with E-state index in [1.807, 2.05) is 18.2 Å². The molecule has 0 spiro atoms. The summed E-state index contributed by atoms with van der Waals surface area (Å²) in [5, 5.41) is 13.1. The molecule has 1 saturated heterocycles. The zero-order valence-electron chi connectivity index (χ0n) is 13.6. The number of benzene rings is 1. The van der Waals surface area contributed by atoms with E-state index in [0.29, 0.717) is 12.5 Å². The Hall–Kier alpha value is -1.37. The van der Waals surface area contributed by atoms with Crippen LogP contribution in [-0.2, 0) is 18.4 Å². The molecule has 3 rings (SSSR count). The van der Waals surface area contributed by atoms with Gasteiger partial charge in [-0.3, -0.25) is 0 Å². The fourth-order valence-electron chi connectivity index (χ4n) is 2.84. The van der Waals surface area contributed by atoms with Gasteiger partial charge in [-0.05, 0) is 31.5 Å². The van der Waals surface area contributed by atoms with E-state index in [4.69, 9.17) is 4.74 Å². The standard InChI is InChI=1S/C17H24N4OS/c1-21-16(15-7-9-18-10-8-15)19-20-17(21)23-12-11-22-13-14-5-3-2-4-6-14/h2-6,15,18H,7-13H2,1H3. The summed E-state index contributed by atoms with van der Waals surface area (Å²) in [6, 6.07) is 10.3. The number of piperidine rings is 1. The van der Waals surface area contributed by atoms with Crippen molar-refractivity contribution >= 4 is 11.8 Å². The minimum Gasteiger partial charge on any atom is -0.376 e. The molecule has 2 aromatic rings. The van der Waals surface area contributed by atoms with E-state index >= 15 is 0 Å². The summed E-state index contributed by atoms with van der Waals surface area (Å²) < 4.78 is 7.87. The highest BCUT2D eigenvalue weighted by Gasteiger charge is 2.21. The summed E-state index contributed by atoms with van der Waals surface area (Å²) in [5.74, 6) is 2.56. The molecule has 124 valence electrons. The first-order valence-electron chi connectivity index (χ1n) is 8.19. The third kappa shape index (κ3) is 4.56. The van der Waals surface area contributed by atoms with E-state index in [0.717, 1.165) is 49.3 Å². The number of ether oxygens (including phenoxy) is 1. The summed E-state index contributed by atoms with van der Waals surface area (Å²) >= 11 is 1.72. The topological polar surface area (TPSA) is 52.0 Å². The monoisotopic (exact) mass is 332 g/mol. The van der Waals surface area contributed by atoms with Gasteiger partial charge in [-0.25, -0.2) is 0 Å². The Labute approximate surface area is 141 Å². The van der Waals surface area contributed by atoms with Crippen molar-refractivity contribution in [3.05, 3.63) is 41.7 Å². The van der Waals surface area contributed by atoms with Crippen LogP contribution in [0.4, 0.5) is 0 Å². The Kier molecular flexibility index (Phi) is 6.07. The normalized spacial score (nSPS) is 15.9. The van der Waals surface area contributed by atoms with Gasteiger partial charge >= 0.3 is 0 Å². The minimum atomic E-state index is 0.539. The van der Waals surface area contributed by atoms with Crippen molar-refractivity contribution in [2.45, 2.75) is 30.5 Å². The van der Waals surface area contributed by atoms with Gasteiger partial charge in [-0.15, -0.1) is 10.2 Å². The largest absolute Gasteiger partial charge is 0.376 e. The molecule has 0 atom stereocenters. The fourth-order valence-corrected chi connectivity index (χ4v) is 3.61. The summed E-state index contributed by atoms with van der Waals surface area (Å²) in [5.41, 5.74) is 1.21. The van der Waals surface area contributed by atoms with E-state index in [1.165, 1.54) is 5.56 Å². The molecule has 1 aromatic carbocycles. The Morgan fingerprint density at radius 3 is 2.78 bits per heavy atom. The molecule has 0 radical (unpaired) electrons. The Morgan fingerprint density at radius 2 is 2.00 bits per heavy atom. The summed E-state index contributed by atoms with van der Waals surface area (Å²) in [7, 11) is 2.07.